The van der Waals surface area contributed by atoms with Crippen LogP contribution in [0.4, 0.5) is 0 Å². The summed E-state index contributed by atoms with van der Waals surface area (Å²) in [4.78, 5) is 13.9. The van der Waals surface area contributed by atoms with Crippen LogP contribution in [0.1, 0.15) is 43.2 Å². The van der Waals surface area contributed by atoms with Crippen molar-refractivity contribution in [2.75, 3.05) is 20.2 Å². The molecule has 1 aliphatic heterocycles. The van der Waals surface area contributed by atoms with Crippen LogP contribution in [0.15, 0.2) is 18.2 Å². The van der Waals surface area contributed by atoms with E-state index in [4.69, 9.17) is 4.74 Å². The van der Waals surface area contributed by atoms with Crippen molar-refractivity contribution in [1.82, 2.24) is 4.90 Å². The number of aryl methyl sites for hydroxylation is 1. The van der Waals surface area contributed by atoms with Gasteiger partial charge in [-0.2, -0.15) is 0 Å². The van der Waals surface area contributed by atoms with Crippen LogP contribution in [-0.2, 0) is 11.2 Å². The molecule has 0 N–H and O–H groups in total. The van der Waals surface area contributed by atoms with Crippen LogP contribution in [0.3, 0.4) is 0 Å². The zero-order valence-corrected chi connectivity index (χ0v) is 12.9. The van der Waals surface area contributed by atoms with Crippen LogP contribution in [-0.4, -0.2) is 31.0 Å². The lowest BCUT2D eigenvalue weighted by Crippen LogP contribution is -2.37. The van der Waals surface area contributed by atoms with Gasteiger partial charge in [0.25, 0.3) is 0 Å². The van der Waals surface area contributed by atoms with E-state index in [9.17, 15) is 4.79 Å². The number of likely N-dealkylation sites (tertiary alicyclic amines) is 1. The molecule has 3 nitrogen and oxygen atoms in total. The number of carbonyl (C=O) groups excluding carboxylic acids is 1. The Morgan fingerprint density at radius 1 is 1.38 bits per heavy atom. The Balaban J connectivity index is 1.72. The SMILES string of the molecule is COc1ccc2c(c1)CCC13CN(C(C)=O)C[C@H]1CC[C@@H]23. The number of hydrogen-bond acceptors (Lipinski definition) is 2. The molecule has 1 aromatic carbocycles. The van der Waals surface area contributed by atoms with Crippen LogP contribution >= 0.6 is 0 Å². The number of nitrogens with zero attached hydrogens (tertiary/aromatic N) is 1. The Bertz CT molecular complexity index is 597. The van der Waals surface area contributed by atoms with Gasteiger partial charge in [-0.05, 0) is 66.2 Å². The molecule has 1 heterocycles. The van der Waals surface area contributed by atoms with Crippen LogP contribution in [0.25, 0.3) is 0 Å². The average molecular weight is 285 g/mol. The summed E-state index contributed by atoms with van der Waals surface area (Å²) < 4.78 is 5.37. The van der Waals surface area contributed by atoms with E-state index in [-0.39, 0.29) is 5.91 Å². The summed E-state index contributed by atoms with van der Waals surface area (Å²) in [6, 6.07) is 6.59. The van der Waals surface area contributed by atoms with Gasteiger partial charge >= 0.3 is 0 Å². The van der Waals surface area contributed by atoms with E-state index >= 15 is 0 Å². The highest BCUT2D eigenvalue weighted by molar-refractivity contribution is 5.73. The van der Waals surface area contributed by atoms with Gasteiger partial charge < -0.3 is 9.64 Å². The van der Waals surface area contributed by atoms with E-state index in [0.717, 1.165) is 25.3 Å². The summed E-state index contributed by atoms with van der Waals surface area (Å²) in [7, 11) is 1.74. The zero-order valence-electron chi connectivity index (χ0n) is 12.9. The second-order valence-electron chi connectivity index (χ2n) is 7.02. The lowest BCUT2D eigenvalue weighted by Gasteiger charge is -2.41. The third-order valence-electron chi connectivity index (χ3n) is 6.27. The summed E-state index contributed by atoms with van der Waals surface area (Å²) in [6.07, 6.45) is 4.92. The lowest BCUT2D eigenvalue weighted by molar-refractivity contribution is -0.128. The normalized spacial score (nSPS) is 33.3. The standard InChI is InChI=1S/C18H23NO2/c1-12(20)19-10-14-3-6-17-16-5-4-15(21-2)9-13(16)7-8-18(14,17)11-19/h4-5,9,14,17H,3,6-8,10-11H2,1-2H3/t14-,17+,18?/m1/s1. The van der Waals surface area contributed by atoms with Crippen molar-refractivity contribution < 1.29 is 9.53 Å². The minimum absolute atomic E-state index is 0.248. The van der Waals surface area contributed by atoms with Gasteiger partial charge in [-0.1, -0.05) is 6.07 Å². The molecule has 1 amide bonds. The Hall–Kier alpha value is -1.51. The predicted molar refractivity (Wildman–Crippen MR) is 81.5 cm³/mol. The Morgan fingerprint density at radius 2 is 2.24 bits per heavy atom. The van der Waals surface area contributed by atoms with Gasteiger partial charge in [0, 0.05) is 20.0 Å². The molecule has 3 atom stereocenters. The highest BCUT2D eigenvalue weighted by Gasteiger charge is 2.57. The molecule has 1 saturated carbocycles. The number of carbonyl (C=O) groups is 1. The van der Waals surface area contributed by atoms with E-state index in [1.54, 1.807) is 14.0 Å². The molecule has 2 fully saturated rings. The molecule has 1 unspecified atom stereocenters. The van der Waals surface area contributed by atoms with Crippen molar-refractivity contribution in [1.29, 1.82) is 0 Å². The molecule has 112 valence electrons. The second-order valence-corrected chi connectivity index (χ2v) is 7.02. The van der Waals surface area contributed by atoms with E-state index in [0.29, 0.717) is 17.3 Å². The summed E-state index contributed by atoms with van der Waals surface area (Å²) in [5.41, 5.74) is 3.34. The van der Waals surface area contributed by atoms with Crippen LogP contribution in [0.2, 0.25) is 0 Å². The second kappa shape index (κ2) is 4.49. The van der Waals surface area contributed by atoms with E-state index < -0.39 is 0 Å². The van der Waals surface area contributed by atoms with Gasteiger partial charge in [0.2, 0.25) is 5.91 Å². The number of hydrogen-bond donors (Lipinski definition) is 0. The summed E-state index contributed by atoms with van der Waals surface area (Å²) in [5, 5.41) is 0. The Kier molecular flexibility index (Phi) is 2.82. The molecule has 1 aromatic rings. The Morgan fingerprint density at radius 3 is 3.00 bits per heavy atom. The van der Waals surface area contributed by atoms with Gasteiger partial charge in [0.05, 0.1) is 7.11 Å². The largest absolute Gasteiger partial charge is 0.497 e. The van der Waals surface area contributed by atoms with E-state index in [1.165, 1.54) is 30.4 Å². The lowest BCUT2D eigenvalue weighted by atomic mass is 9.63. The zero-order chi connectivity index (χ0) is 14.6. The van der Waals surface area contributed by atoms with Crippen molar-refractivity contribution >= 4 is 5.91 Å². The Labute approximate surface area is 126 Å². The van der Waals surface area contributed by atoms with Crippen molar-refractivity contribution in [3.63, 3.8) is 0 Å². The molecule has 3 heteroatoms. The number of fused-ring (bicyclic) bond motifs is 2. The molecule has 0 radical (unpaired) electrons. The highest BCUT2D eigenvalue weighted by Crippen LogP contribution is 2.61. The van der Waals surface area contributed by atoms with Gasteiger partial charge in [-0.15, -0.1) is 0 Å². The average Bonchev–Trinajstić information content (AvgIpc) is 3.01. The monoisotopic (exact) mass is 285 g/mol. The number of methoxy groups -OCH3 is 1. The van der Waals surface area contributed by atoms with Crippen molar-refractivity contribution in [2.24, 2.45) is 11.3 Å². The first-order chi connectivity index (χ1) is 10.1. The first-order valence-corrected chi connectivity index (χ1v) is 8.06. The minimum atomic E-state index is 0.248. The topological polar surface area (TPSA) is 29.5 Å². The van der Waals surface area contributed by atoms with E-state index in [2.05, 4.69) is 23.1 Å². The molecule has 3 aliphatic rings. The molecule has 21 heavy (non-hydrogen) atoms. The molecule has 0 aromatic heterocycles. The maximum atomic E-state index is 11.8. The molecule has 1 spiro atoms. The molecule has 2 aliphatic carbocycles. The number of benzene rings is 1. The molecular formula is C18H23NO2. The van der Waals surface area contributed by atoms with Crippen LogP contribution in [0.5, 0.6) is 5.75 Å². The first-order valence-electron chi connectivity index (χ1n) is 8.06. The van der Waals surface area contributed by atoms with Gasteiger partial charge in [0.1, 0.15) is 5.75 Å². The van der Waals surface area contributed by atoms with Crippen molar-refractivity contribution in [3.8, 4) is 5.75 Å². The predicted octanol–water partition coefficient (Wildman–Crippen LogP) is 2.98. The van der Waals surface area contributed by atoms with Gasteiger partial charge in [-0.3, -0.25) is 4.79 Å². The summed E-state index contributed by atoms with van der Waals surface area (Å²) >= 11 is 0. The third kappa shape index (κ3) is 1.76. The number of ether oxygens (including phenoxy) is 1. The number of amides is 1. The van der Waals surface area contributed by atoms with E-state index in [1.807, 2.05) is 0 Å². The first kappa shape index (κ1) is 13.2. The molecule has 0 bridgehead atoms. The van der Waals surface area contributed by atoms with Crippen LogP contribution in [0, 0.1) is 11.3 Å². The summed E-state index contributed by atoms with van der Waals surface area (Å²) in [5.74, 6) is 2.57. The maximum Gasteiger partial charge on any atom is 0.219 e. The maximum absolute atomic E-state index is 11.8. The van der Waals surface area contributed by atoms with Gasteiger partial charge in [-0.25, -0.2) is 0 Å². The molecule has 4 rings (SSSR count). The van der Waals surface area contributed by atoms with Gasteiger partial charge in [0.15, 0.2) is 0 Å². The quantitative estimate of drug-likeness (QED) is 0.794. The molecule has 1 saturated heterocycles. The fraction of sp³-hybridized carbons (Fsp3) is 0.611. The smallest absolute Gasteiger partial charge is 0.219 e. The fourth-order valence-electron chi connectivity index (χ4n) is 5.22. The summed E-state index contributed by atoms with van der Waals surface area (Å²) in [6.45, 7) is 3.68. The van der Waals surface area contributed by atoms with Crippen molar-refractivity contribution in [3.05, 3.63) is 29.3 Å². The third-order valence-corrected chi connectivity index (χ3v) is 6.27. The molecular weight excluding hydrogens is 262 g/mol. The highest BCUT2D eigenvalue weighted by atomic mass is 16.5. The fourth-order valence-corrected chi connectivity index (χ4v) is 5.22. The number of rotatable bonds is 1. The van der Waals surface area contributed by atoms with Crippen molar-refractivity contribution in [2.45, 2.75) is 38.5 Å². The minimum Gasteiger partial charge on any atom is -0.497 e. The van der Waals surface area contributed by atoms with Crippen LogP contribution < -0.4 is 4.74 Å².